The van der Waals surface area contributed by atoms with Crippen LogP contribution >= 0.6 is 0 Å². The standard InChI is InChI=1S/C22H25N3O6S/c1-3-25-19-8-7-16(32(28,29)24-9-11-30-12-10-24)13-18(19)23-20(25)14-31-22(27)17-6-4-5-15(2)21(17)26/h4-8,13,26H,3,9-12,14H2,1-2H3. The maximum Gasteiger partial charge on any atom is 0.342 e. The summed E-state index contributed by atoms with van der Waals surface area (Å²) in [6.07, 6.45) is 0. The van der Waals surface area contributed by atoms with Crippen molar-refractivity contribution in [2.75, 3.05) is 26.3 Å². The summed E-state index contributed by atoms with van der Waals surface area (Å²) in [5.41, 5.74) is 1.92. The Morgan fingerprint density at radius 1 is 1.22 bits per heavy atom. The highest BCUT2D eigenvalue weighted by molar-refractivity contribution is 7.89. The van der Waals surface area contributed by atoms with Crippen LogP contribution in [0.4, 0.5) is 0 Å². The number of sulfonamides is 1. The molecule has 32 heavy (non-hydrogen) atoms. The number of nitrogens with zero attached hydrogens (tertiary/aromatic N) is 3. The number of aromatic hydroxyl groups is 1. The van der Waals surface area contributed by atoms with Crippen molar-refractivity contribution in [2.24, 2.45) is 0 Å². The largest absolute Gasteiger partial charge is 0.507 e. The lowest BCUT2D eigenvalue weighted by Gasteiger charge is -2.26. The summed E-state index contributed by atoms with van der Waals surface area (Å²) < 4.78 is 39.8. The number of esters is 1. The molecule has 0 spiro atoms. The minimum atomic E-state index is -3.64. The number of phenolic OH excluding ortho intramolecular Hbond substituents is 1. The number of hydrogen-bond acceptors (Lipinski definition) is 7. The number of fused-ring (bicyclic) bond motifs is 1. The van der Waals surface area contributed by atoms with Gasteiger partial charge in [-0.2, -0.15) is 4.31 Å². The Labute approximate surface area is 186 Å². The first-order valence-electron chi connectivity index (χ1n) is 10.4. The van der Waals surface area contributed by atoms with Crippen molar-refractivity contribution in [3.05, 3.63) is 53.3 Å². The van der Waals surface area contributed by atoms with Crippen molar-refractivity contribution in [3.63, 3.8) is 0 Å². The van der Waals surface area contributed by atoms with Gasteiger partial charge in [0.1, 0.15) is 23.7 Å². The second kappa shape index (κ2) is 8.89. The molecule has 1 saturated heterocycles. The summed E-state index contributed by atoms with van der Waals surface area (Å²) >= 11 is 0. The van der Waals surface area contributed by atoms with Crippen LogP contribution in [0.2, 0.25) is 0 Å². The van der Waals surface area contributed by atoms with Crippen LogP contribution in [0.1, 0.15) is 28.7 Å². The summed E-state index contributed by atoms with van der Waals surface area (Å²) in [7, 11) is -3.64. The lowest BCUT2D eigenvalue weighted by Crippen LogP contribution is -2.40. The highest BCUT2D eigenvalue weighted by Crippen LogP contribution is 2.25. The first-order valence-corrected chi connectivity index (χ1v) is 11.8. The van der Waals surface area contributed by atoms with E-state index in [0.717, 1.165) is 5.52 Å². The van der Waals surface area contributed by atoms with Crippen LogP contribution in [0.3, 0.4) is 0 Å². The third-order valence-electron chi connectivity index (χ3n) is 5.51. The van der Waals surface area contributed by atoms with Gasteiger partial charge >= 0.3 is 5.97 Å². The monoisotopic (exact) mass is 459 g/mol. The molecule has 0 radical (unpaired) electrons. The zero-order chi connectivity index (χ0) is 22.9. The molecule has 1 fully saturated rings. The van der Waals surface area contributed by atoms with Gasteiger partial charge in [-0.25, -0.2) is 18.2 Å². The number of benzene rings is 2. The molecule has 10 heteroatoms. The molecule has 0 saturated carbocycles. The molecular formula is C22H25N3O6S. The summed E-state index contributed by atoms with van der Waals surface area (Å²) in [5, 5.41) is 10.1. The van der Waals surface area contributed by atoms with Crippen molar-refractivity contribution in [3.8, 4) is 5.75 Å². The van der Waals surface area contributed by atoms with Crippen molar-refractivity contribution in [1.82, 2.24) is 13.9 Å². The fourth-order valence-corrected chi connectivity index (χ4v) is 5.18. The molecule has 0 amide bonds. The van der Waals surface area contributed by atoms with Crippen LogP contribution in [0.25, 0.3) is 11.0 Å². The van der Waals surface area contributed by atoms with E-state index < -0.39 is 16.0 Å². The highest BCUT2D eigenvalue weighted by Gasteiger charge is 2.27. The van der Waals surface area contributed by atoms with Gasteiger partial charge in [0.25, 0.3) is 0 Å². The fourth-order valence-electron chi connectivity index (χ4n) is 3.75. The number of phenols is 1. The highest BCUT2D eigenvalue weighted by atomic mass is 32.2. The third kappa shape index (κ3) is 4.08. The van der Waals surface area contributed by atoms with E-state index in [2.05, 4.69) is 4.98 Å². The minimum Gasteiger partial charge on any atom is -0.507 e. The van der Waals surface area contributed by atoms with Crippen LogP contribution in [-0.4, -0.2) is 59.7 Å². The van der Waals surface area contributed by atoms with Gasteiger partial charge in [-0.1, -0.05) is 12.1 Å². The van der Waals surface area contributed by atoms with Crippen LogP contribution in [-0.2, 0) is 32.6 Å². The van der Waals surface area contributed by atoms with E-state index in [0.29, 0.717) is 49.8 Å². The first kappa shape index (κ1) is 22.3. The molecule has 170 valence electrons. The number of hydrogen-bond donors (Lipinski definition) is 1. The average molecular weight is 460 g/mol. The van der Waals surface area contributed by atoms with Crippen molar-refractivity contribution in [2.45, 2.75) is 31.9 Å². The molecule has 9 nitrogen and oxygen atoms in total. The molecule has 1 aliphatic rings. The van der Waals surface area contributed by atoms with E-state index in [4.69, 9.17) is 9.47 Å². The lowest BCUT2D eigenvalue weighted by atomic mass is 10.1. The first-order chi connectivity index (χ1) is 15.3. The van der Waals surface area contributed by atoms with E-state index in [-0.39, 0.29) is 22.8 Å². The van der Waals surface area contributed by atoms with Gasteiger partial charge in [0.05, 0.1) is 29.1 Å². The van der Waals surface area contributed by atoms with Gasteiger partial charge in [0, 0.05) is 19.6 Å². The number of carbonyl (C=O) groups excluding carboxylic acids is 1. The zero-order valence-electron chi connectivity index (χ0n) is 17.9. The Morgan fingerprint density at radius 3 is 2.69 bits per heavy atom. The second-order valence-corrected chi connectivity index (χ2v) is 9.42. The molecule has 0 unspecified atom stereocenters. The van der Waals surface area contributed by atoms with Crippen LogP contribution in [0.5, 0.6) is 5.75 Å². The van der Waals surface area contributed by atoms with E-state index in [1.54, 1.807) is 37.3 Å². The van der Waals surface area contributed by atoms with Gasteiger partial charge in [-0.05, 0) is 43.7 Å². The molecule has 1 aliphatic heterocycles. The summed E-state index contributed by atoms with van der Waals surface area (Å²) in [5.74, 6) is -0.278. The number of imidazole rings is 1. The predicted molar refractivity (Wildman–Crippen MR) is 117 cm³/mol. The van der Waals surface area contributed by atoms with E-state index in [9.17, 15) is 18.3 Å². The molecule has 1 N–H and O–H groups in total. The van der Waals surface area contributed by atoms with E-state index in [1.165, 1.54) is 10.4 Å². The van der Waals surface area contributed by atoms with Crippen LogP contribution in [0.15, 0.2) is 41.3 Å². The molecule has 0 bridgehead atoms. The van der Waals surface area contributed by atoms with Gasteiger partial charge in [-0.15, -0.1) is 0 Å². The molecule has 4 rings (SSSR count). The number of para-hydroxylation sites is 1. The van der Waals surface area contributed by atoms with E-state index >= 15 is 0 Å². The molecule has 3 aromatic rings. The molecule has 2 heterocycles. The average Bonchev–Trinajstić information content (AvgIpc) is 3.16. The van der Waals surface area contributed by atoms with Crippen LogP contribution in [0, 0.1) is 6.92 Å². The Bertz CT molecular complexity index is 1260. The Hall–Kier alpha value is -2.95. The maximum atomic E-state index is 13.0. The quantitative estimate of drug-likeness (QED) is 0.564. The van der Waals surface area contributed by atoms with Gasteiger partial charge in [-0.3, -0.25) is 0 Å². The molecule has 0 atom stereocenters. The SMILES string of the molecule is CCn1c(COC(=O)c2cccc(C)c2O)nc2cc(S(=O)(=O)N3CCOCC3)ccc21. The van der Waals surface area contributed by atoms with Gasteiger partial charge in [0.2, 0.25) is 10.0 Å². The minimum absolute atomic E-state index is 0.0862. The normalized spacial score (nSPS) is 15.2. The number of aryl methyl sites for hydroxylation is 2. The summed E-state index contributed by atoms with van der Waals surface area (Å²) in [4.78, 5) is 17.1. The van der Waals surface area contributed by atoms with Crippen molar-refractivity contribution < 1.29 is 27.8 Å². The summed E-state index contributed by atoms with van der Waals surface area (Å²) in [6.45, 7) is 5.46. The smallest absolute Gasteiger partial charge is 0.342 e. The molecule has 2 aromatic carbocycles. The van der Waals surface area contributed by atoms with Gasteiger partial charge < -0.3 is 19.1 Å². The fraction of sp³-hybridized carbons (Fsp3) is 0.364. The van der Waals surface area contributed by atoms with Crippen molar-refractivity contribution >= 4 is 27.0 Å². The maximum absolute atomic E-state index is 13.0. The lowest BCUT2D eigenvalue weighted by molar-refractivity contribution is 0.0455. The molecule has 0 aliphatic carbocycles. The third-order valence-corrected chi connectivity index (χ3v) is 7.41. The second-order valence-electron chi connectivity index (χ2n) is 7.49. The summed E-state index contributed by atoms with van der Waals surface area (Å²) in [6, 6.07) is 9.70. The topological polar surface area (TPSA) is 111 Å². The van der Waals surface area contributed by atoms with Crippen molar-refractivity contribution in [1.29, 1.82) is 0 Å². The number of aromatic nitrogens is 2. The Balaban J connectivity index is 1.60. The molecule has 1 aromatic heterocycles. The number of rotatable bonds is 6. The Morgan fingerprint density at radius 2 is 1.97 bits per heavy atom. The Kier molecular flexibility index (Phi) is 6.18. The number of ether oxygens (including phenoxy) is 2. The van der Waals surface area contributed by atoms with Crippen LogP contribution < -0.4 is 0 Å². The van der Waals surface area contributed by atoms with E-state index in [1.807, 2.05) is 11.5 Å². The predicted octanol–water partition coefficient (Wildman–Crippen LogP) is 2.45. The number of morpholine rings is 1. The molecular weight excluding hydrogens is 434 g/mol. The zero-order valence-corrected chi connectivity index (χ0v) is 18.8. The number of carbonyl (C=O) groups is 1. The van der Waals surface area contributed by atoms with Gasteiger partial charge in [0.15, 0.2) is 0 Å².